The van der Waals surface area contributed by atoms with E-state index in [-0.39, 0.29) is 28.6 Å². The molecule has 1 aliphatic heterocycles. The zero-order chi connectivity index (χ0) is 25.1. The molecular weight excluding hydrogens is 454 g/mol. The van der Waals surface area contributed by atoms with Gasteiger partial charge in [-0.1, -0.05) is 66.7 Å². The second-order valence-electron chi connectivity index (χ2n) is 8.24. The first-order valence-electron chi connectivity index (χ1n) is 11.3. The Morgan fingerprint density at radius 2 is 1.33 bits per heavy atom. The first-order valence-corrected chi connectivity index (χ1v) is 11.3. The van der Waals surface area contributed by atoms with E-state index < -0.39 is 11.0 Å². The van der Waals surface area contributed by atoms with Crippen molar-refractivity contribution in [3.8, 4) is 0 Å². The number of nitrogens with zero attached hydrogens (tertiary/aromatic N) is 2. The molecule has 36 heavy (non-hydrogen) atoms. The smallest absolute Gasteiger partial charge is 0.276 e. The zero-order valence-corrected chi connectivity index (χ0v) is 19.1. The van der Waals surface area contributed by atoms with Gasteiger partial charge in [0, 0.05) is 29.1 Å². The lowest BCUT2D eigenvalue weighted by Crippen LogP contribution is -2.31. The maximum absolute atomic E-state index is 14.0. The molecule has 1 atom stereocenters. The number of carbonyl (C=O) groups is 2. The average molecular weight is 476 g/mol. The average Bonchev–Trinajstić information content (AvgIpc) is 3.21. The second kappa shape index (κ2) is 9.68. The van der Waals surface area contributed by atoms with Crippen LogP contribution in [0.5, 0.6) is 0 Å². The Hall–Kier alpha value is -5.04. The SMILES string of the molecule is O=C(C1=C(Nc2ccccc2)C(=O)N(c2ccccc2)[C@@H]1c1ccc([N+](=O)[O-])cc1)c1ccccc1. The fraction of sp³-hybridized carbons (Fsp3) is 0.0345. The number of carbonyl (C=O) groups excluding carboxylic acids is 2. The van der Waals surface area contributed by atoms with Crippen molar-refractivity contribution in [3.63, 3.8) is 0 Å². The number of nitro groups is 1. The van der Waals surface area contributed by atoms with E-state index in [0.717, 1.165) is 0 Å². The van der Waals surface area contributed by atoms with E-state index in [1.165, 1.54) is 12.1 Å². The van der Waals surface area contributed by atoms with Crippen LogP contribution < -0.4 is 10.2 Å². The highest BCUT2D eigenvalue weighted by Gasteiger charge is 2.44. The molecule has 0 spiro atoms. The van der Waals surface area contributed by atoms with Crippen LogP contribution in [0, 0.1) is 10.1 Å². The molecule has 0 fully saturated rings. The van der Waals surface area contributed by atoms with Gasteiger partial charge >= 0.3 is 0 Å². The van der Waals surface area contributed by atoms with Crippen LogP contribution in [0.4, 0.5) is 17.1 Å². The second-order valence-corrected chi connectivity index (χ2v) is 8.24. The van der Waals surface area contributed by atoms with Gasteiger partial charge in [0.15, 0.2) is 5.78 Å². The fourth-order valence-corrected chi connectivity index (χ4v) is 4.34. The molecule has 4 aromatic rings. The van der Waals surface area contributed by atoms with E-state index in [2.05, 4.69) is 5.32 Å². The Morgan fingerprint density at radius 1 is 0.778 bits per heavy atom. The molecule has 0 aliphatic carbocycles. The van der Waals surface area contributed by atoms with E-state index in [1.807, 2.05) is 54.6 Å². The molecule has 4 aromatic carbocycles. The van der Waals surface area contributed by atoms with Gasteiger partial charge in [-0.25, -0.2) is 0 Å². The van der Waals surface area contributed by atoms with Gasteiger partial charge < -0.3 is 5.32 Å². The number of nitrogens with one attached hydrogen (secondary N) is 1. The predicted molar refractivity (Wildman–Crippen MR) is 138 cm³/mol. The van der Waals surface area contributed by atoms with Gasteiger partial charge in [-0.15, -0.1) is 0 Å². The van der Waals surface area contributed by atoms with E-state index in [1.54, 1.807) is 53.4 Å². The number of anilines is 2. The summed E-state index contributed by atoms with van der Waals surface area (Å²) >= 11 is 0. The molecule has 1 N–H and O–H groups in total. The standard InChI is InChI=1S/C29H21N3O4/c33-28(21-10-4-1-5-11-21)25-26(30-22-12-6-2-7-13-22)29(34)31(23-14-8-3-9-15-23)27(25)20-16-18-24(19-17-20)32(35)36/h1-19,27,30H/t27-/m1/s1. The van der Waals surface area contributed by atoms with E-state index in [9.17, 15) is 19.7 Å². The molecule has 7 nitrogen and oxygen atoms in total. The summed E-state index contributed by atoms with van der Waals surface area (Å²) in [5, 5.41) is 14.4. The third-order valence-corrected chi connectivity index (χ3v) is 6.01. The molecule has 5 rings (SSSR count). The van der Waals surface area contributed by atoms with Crippen LogP contribution in [0.2, 0.25) is 0 Å². The Kier molecular flexibility index (Phi) is 6.11. The predicted octanol–water partition coefficient (Wildman–Crippen LogP) is 5.93. The highest BCUT2D eigenvalue weighted by molar-refractivity contribution is 6.23. The minimum atomic E-state index is -0.792. The van der Waals surface area contributed by atoms with Gasteiger partial charge in [0.2, 0.25) is 0 Å². The number of hydrogen-bond acceptors (Lipinski definition) is 5. The van der Waals surface area contributed by atoms with Gasteiger partial charge in [0.1, 0.15) is 5.70 Å². The molecule has 1 heterocycles. The number of rotatable bonds is 7. The lowest BCUT2D eigenvalue weighted by molar-refractivity contribution is -0.384. The highest BCUT2D eigenvalue weighted by Crippen LogP contribution is 2.43. The molecule has 0 saturated carbocycles. The van der Waals surface area contributed by atoms with Gasteiger partial charge in [0.05, 0.1) is 16.5 Å². The summed E-state index contributed by atoms with van der Waals surface area (Å²) in [6, 6.07) is 32.2. The summed E-state index contributed by atoms with van der Waals surface area (Å²) in [7, 11) is 0. The Balaban J connectivity index is 1.72. The fourth-order valence-electron chi connectivity index (χ4n) is 4.34. The zero-order valence-electron chi connectivity index (χ0n) is 19.1. The van der Waals surface area contributed by atoms with Crippen LogP contribution in [-0.4, -0.2) is 16.6 Å². The number of non-ortho nitro benzene ring substituents is 1. The van der Waals surface area contributed by atoms with Crippen LogP contribution in [0.15, 0.2) is 127 Å². The minimum absolute atomic E-state index is 0.0723. The Labute approximate surface area is 207 Å². The number of para-hydroxylation sites is 2. The van der Waals surface area contributed by atoms with Crippen LogP contribution in [-0.2, 0) is 4.79 Å². The summed E-state index contributed by atoms with van der Waals surface area (Å²) in [6.45, 7) is 0. The Bertz CT molecular complexity index is 1450. The number of ketones is 1. The molecule has 1 aliphatic rings. The summed E-state index contributed by atoms with van der Waals surface area (Å²) in [4.78, 5) is 40.2. The monoisotopic (exact) mass is 475 g/mol. The quantitative estimate of drug-likeness (QED) is 0.203. The molecule has 0 unspecified atom stereocenters. The molecule has 0 radical (unpaired) electrons. The molecule has 0 aromatic heterocycles. The van der Waals surface area contributed by atoms with Crippen molar-refractivity contribution in [2.24, 2.45) is 0 Å². The first kappa shape index (κ1) is 22.7. The van der Waals surface area contributed by atoms with Crippen LogP contribution >= 0.6 is 0 Å². The number of benzene rings is 4. The molecular formula is C29H21N3O4. The molecule has 0 bridgehead atoms. The number of nitro benzene ring substituents is 1. The van der Waals surface area contributed by atoms with Crippen LogP contribution in [0.3, 0.4) is 0 Å². The highest BCUT2D eigenvalue weighted by atomic mass is 16.6. The van der Waals surface area contributed by atoms with Gasteiger partial charge in [-0.05, 0) is 42.0 Å². The molecule has 7 heteroatoms. The van der Waals surface area contributed by atoms with E-state index in [4.69, 9.17) is 0 Å². The number of Topliss-reactive ketones (excluding diaryl/α,β-unsaturated/α-hetero) is 1. The van der Waals surface area contributed by atoms with Crippen molar-refractivity contribution in [3.05, 3.63) is 148 Å². The van der Waals surface area contributed by atoms with Crippen LogP contribution in [0.1, 0.15) is 22.0 Å². The normalized spacial score (nSPS) is 15.2. The number of amides is 1. The minimum Gasteiger partial charge on any atom is -0.351 e. The van der Waals surface area contributed by atoms with Crippen LogP contribution in [0.25, 0.3) is 0 Å². The number of hydrogen-bond donors (Lipinski definition) is 1. The first-order chi connectivity index (χ1) is 17.5. The lowest BCUT2D eigenvalue weighted by Gasteiger charge is -2.27. The van der Waals surface area contributed by atoms with Crippen molar-refractivity contribution >= 4 is 28.8 Å². The maximum Gasteiger partial charge on any atom is 0.276 e. The van der Waals surface area contributed by atoms with Crippen molar-refractivity contribution in [2.45, 2.75) is 6.04 Å². The summed E-state index contributed by atoms with van der Waals surface area (Å²) in [5.41, 5.74) is 2.66. The molecule has 0 saturated heterocycles. The maximum atomic E-state index is 14.0. The van der Waals surface area contributed by atoms with E-state index in [0.29, 0.717) is 22.5 Å². The van der Waals surface area contributed by atoms with Gasteiger partial charge in [-0.3, -0.25) is 24.6 Å². The summed E-state index contributed by atoms with van der Waals surface area (Å²) in [6.07, 6.45) is 0. The summed E-state index contributed by atoms with van der Waals surface area (Å²) in [5.74, 6) is -0.670. The molecule has 176 valence electrons. The van der Waals surface area contributed by atoms with Crippen molar-refractivity contribution in [1.29, 1.82) is 0 Å². The van der Waals surface area contributed by atoms with Gasteiger partial charge in [0.25, 0.3) is 11.6 Å². The third kappa shape index (κ3) is 4.25. The van der Waals surface area contributed by atoms with Crippen molar-refractivity contribution in [2.75, 3.05) is 10.2 Å². The van der Waals surface area contributed by atoms with Gasteiger partial charge in [-0.2, -0.15) is 0 Å². The third-order valence-electron chi connectivity index (χ3n) is 6.01. The largest absolute Gasteiger partial charge is 0.351 e. The van der Waals surface area contributed by atoms with Crippen molar-refractivity contribution in [1.82, 2.24) is 0 Å². The van der Waals surface area contributed by atoms with E-state index >= 15 is 0 Å². The lowest BCUT2D eigenvalue weighted by atomic mass is 9.92. The van der Waals surface area contributed by atoms with Crippen molar-refractivity contribution < 1.29 is 14.5 Å². The summed E-state index contributed by atoms with van der Waals surface area (Å²) < 4.78 is 0. The topological polar surface area (TPSA) is 92.6 Å². The molecule has 1 amide bonds. The Morgan fingerprint density at radius 3 is 1.92 bits per heavy atom.